The van der Waals surface area contributed by atoms with Gasteiger partial charge in [-0.05, 0) is 56.1 Å². The van der Waals surface area contributed by atoms with E-state index in [0.717, 1.165) is 50.0 Å². The maximum atomic E-state index is 14.8. The van der Waals surface area contributed by atoms with Gasteiger partial charge in [-0.1, -0.05) is 39.2 Å². The highest BCUT2D eigenvalue weighted by molar-refractivity contribution is 5.78. The van der Waals surface area contributed by atoms with Gasteiger partial charge in [0.2, 0.25) is 5.82 Å². The van der Waals surface area contributed by atoms with Crippen molar-refractivity contribution < 1.29 is 18.7 Å². The zero-order valence-electron chi connectivity index (χ0n) is 15.4. The van der Waals surface area contributed by atoms with Crippen LogP contribution in [0.25, 0.3) is 0 Å². The van der Waals surface area contributed by atoms with Gasteiger partial charge in [-0.25, -0.2) is 0 Å². The Balaban J connectivity index is 1.67. The molecular formula is C21H29FO3. The SMILES string of the molecule is CCCC1CCC(Oc2ccc3c(c2F)OC(=O)C(CCC)C3)CC1. The van der Waals surface area contributed by atoms with Crippen molar-refractivity contribution in [2.24, 2.45) is 11.8 Å². The molecule has 1 atom stereocenters. The number of carbonyl (C=O) groups excluding carboxylic acids is 1. The minimum atomic E-state index is -0.517. The maximum Gasteiger partial charge on any atom is 0.314 e. The summed E-state index contributed by atoms with van der Waals surface area (Å²) in [5.74, 6) is 0.100. The summed E-state index contributed by atoms with van der Waals surface area (Å²) in [5, 5.41) is 0. The van der Waals surface area contributed by atoms with Crippen LogP contribution in [0.4, 0.5) is 4.39 Å². The molecular weight excluding hydrogens is 319 g/mol. The van der Waals surface area contributed by atoms with Crippen LogP contribution in [0.5, 0.6) is 11.5 Å². The Kier molecular flexibility index (Phi) is 5.98. The predicted octanol–water partition coefficient (Wildman–Crippen LogP) is 5.44. The minimum Gasteiger partial charge on any atom is -0.487 e. The third kappa shape index (κ3) is 4.16. The van der Waals surface area contributed by atoms with Crippen LogP contribution in [0, 0.1) is 17.7 Å². The van der Waals surface area contributed by atoms with Crippen LogP contribution in [-0.2, 0) is 11.2 Å². The monoisotopic (exact) mass is 348 g/mol. The molecule has 2 aliphatic rings. The molecule has 1 aromatic carbocycles. The molecule has 1 fully saturated rings. The van der Waals surface area contributed by atoms with Crippen molar-refractivity contribution >= 4 is 5.97 Å². The second kappa shape index (κ2) is 8.20. The lowest BCUT2D eigenvalue weighted by Crippen LogP contribution is -2.29. The molecule has 4 heteroatoms. The average Bonchev–Trinajstić information content (AvgIpc) is 2.61. The number of rotatable bonds is 6. The number of halogens is 1. The molecule has 0 spiro atoms. The first kappa shape index (κ1) is 18.2. The first-order chi connectivity index (χ1) is 12.1. The van der Waals surface area contributed by atoms with E-state index in [-0.39, 0.29) is 29.5 Å². The molecule has 1 aliphatic carbocycles. The third-order valence-electron chi connectivity index (χ3n) is 5.57. The van der Waals surface area contributed by atoms with Crippen LogP contribution in [-0.4, -0.2) is 12.1 Å². The number of esters is 1. The minimum absolute atomic E-state index is 0.0628. The summed E-state index contributed by atoms with van der Waals surface area (Å²) >= 11 is 0. The summed E-state index contributed by atoms with van der Waals surface area (Å²) in [4.78, 5) is 12.1. The second-order valence-corrected chi connectivity index (χ2v) is 7.53. The molecule has 0 amide bonds. The van der Waals surface area contributed by atoms with Gasteiger partial charge in [0.15, 0.2) is 11.5 Å². The van der Waals surface area contributed by atoms with E-state index in [2.05, 4.69) is 6.92 Å². The van der Waals surface area contributed by atoms with E-state index in [1.54, 1.807) is 6.07 Å². The standard InChI is InChI=1S/C21H29FO3/c1-3-5-14-7-10-17(11-8-14)24-18-12-9-15-13-16(6-4-2)21(23)25-20(15)19(18)22/h9,12,14,16-17H,3-8,10-11,13H2,1-2H3. The Labute approximate surface area is 149 Å². The maximum absolute atomic E-state index is 14.8. The van der Waals surface area contributed by atoms with Crippen molar-refractivity contribution in [1.29, 1.82) is 0 Å². The summed E-state index contributed by atoms with van der Waals surface area (Å²) in [6.07, 6.45) is 9.05. The summed E-state index contributed by atoms with van der Waals surface area (Å²) in [7, 11) is 0. The molecule has 0 saturated heterocycles. The van der Waals surface area contributed by atoms with Gasteiger partial charge >= 0.3 is 5.97 Å². The number of ether oxygens (including phenoxy) is 2. The van der Waals surface area contributed by atoms with E-state index in [1.807, 2.05) is 13.0 Å². The smallest absolute Gasteiger partial charge is 0.314 e. The van der Waals surface area contributed by atoms with Gasteiger partial charge in [-0.2, -0.15) is 4.39 Å². The molecule has 0 N–H and O–H groups in total. The average molecular weight is 348 g/mol. The fourth-order valence-corrected chi connectivity index (χ4v) is 4.17. The van der Waals surface area contributed by atoms with E-state index in [0.29, 0.717) is 6.42 Å². The molecule has 1 unspecified atom stereocenters. The topological polar surface area (TPSA) is 35.5 Å². The second-order valence-electron chi connectivity index (χ2n) is 7.53. The lowest BCUT2D eigenvalue weighted by Gasteiger charge is -2.29. The lowest BCUT2D eigenvalue weighted by molar-refractivity contribution is -0.140. The Morgan fingerprint density at radius 1 is 1.12 bits per heavy atom. The first-order valence-electron chi connectivity index (χ1n) is 9.82. The number of carbonyl (C=O) groups is 1. The molecule has 3 nitrogen and oxygen atoms in total. The molecule has 0 radical (unpaired) electrons. The van der Waals surface area contributed by atoms with Crippen molar-refractivity contribution in [2.45, 2.75) is 77.7 Å². The summed E-state index contributed by atoms with van der Waals surface area (Å²) in [6, 6.07) is 3.56. The Morgan fingerprint density at radius 3 is 2.52 bits per heavy atom. The van der Waals surface area contributed by atoms with Gasteiger partial charge in [0, 0.05) is 0 Å². The zero-order valence-corrected chi connectivity index (χ0v) is 15.4. The molecule has 1 aromatic rings. The van der Waals surface area contributed by atoms with Gasteiger partial charge in [0.05, 0.1) is 12.0 Å². The number of hydrogen-bond donors (Lipinski definition) is 0. The molecule has 1 aliphatic heterocycles. The lowest BCUT2D eigenvalue weighted by atomic mass is 9.84. The van der Waals surface area contributed by atoms with Crippen LogP contribution >= 0.6 is 0 Å². The predicted molar refractivity (Wildman–Crippen MR) is 95.4 cm³/mol. The van der Waals surface area contributed by atoms with Gasteiger partial charge in [0.25, 0.3) is 0 Å². The zero-order chi connectivity index (χ0) is 17.8. The molecule has 25 heavy (non-hydrogen) atoms. The largest absolute Gasteiger partial charge is 0.487 e. The van der Waals surface area contributed by atoms with E-state index in [4.69, 9.17) is 9.47 Å². The summed E-state index contributed by atoms with van der Waals surface area (Å²) in [5.41, 5.74) is 0.773. The van der Waals surface area contributed by atoms with Gasteiger partial charge in [0.1, 0.15) is 0 Å². The molecule has 0 aromatic heterocycles. The number of hydrogen-bond acceptors (Lipinski definition) is 3. The normalized spacial score (nSPS) is 26.0. The Hall–Kier alpha value is -1.58. The van der Waals surface area contributed by atoms with E-state index in [9.17, 15) is 9.18 Å². The molecule has 1 saturated carbocycles. The Morgan fingerprint density at radius 2 is 1.84 bits per heavy atom. The molecule has 138 valence electrons. The quantitative estimate of drug-likeness (QED) is 0.507. The van der Waals surface area contributed by atoms with Crippen LogP contribution < -0.4 is 9.47 Å². The van der Waals surface area contributed by atoms with Crippen molar-refractivity contribution in [3.05, 3.63) is 23.5 Å². The summed E-state index contributed by atoms with van der Waals surface area (Å²) in [6.45, 7) is 4.26. The van der Waals surface area contributed by atoms with E-state index >= 15 is 0 Å². The first-order valence-corrected chi connectivity index (χ1v) is 9.82. The van der Waals surface area contributed by atoms with E-state index < -0.39 is 5.82 Å². The highest BCUT2D eigenvalue weighted by atomic mass is 19.1. The highest BCUT2D eigenvalue weighted by Gasteiger charge is 2.32. The van der Waals surface area contributed by atoms with Gasteiger partial charge in [-0.15, -0.1) is 0 Å². The van der Waals surface area contributed by atoms with E-state index in [1.165, 1.54) is 12.8 Å². The van der Waals surface area contributed by atoms with Crippen molar-refractivity contribution in [3.63, 3.8) is 0 Å². The van der Waals surface area contributed by atoms with Crippen LogP contribution in [0.15, 0.2) is 12.1 Å². The Bertz CT molecular complexity index is 605. The van der Waals surface area contributed by atoms with Crippen molar-refractivity contribution in [1.82, 2.24) is 0 Å². The number of benzene rings is 1. The third-order valence-corrected chi connectivity index (χ3v) is 5.57. The fourth-order valence-electron chi connectivity index (χ4n) is 4.17. The highest BCUT2D eigenvalue weighted by Crippen LogP contribution is 2.38. The van der Waals surface area contributed by atoms with Gasteiger partial charge < -0.3 is 9.47 Å². The summed E-state index contributed by atoms with van der Waals surface area (Å²) < 4.78 is 26.0. The van der Waals surface area contributed by atoms with Crippen molar-refractivity contribution in [2.75, 3.05) is 0 Å². The van der Waals surface area contributed by atoms with Crippen LogP contribution in [0.1, 0.15) is 70.8 Å². The van der Waals surface area contributed by atoms with Crippen molar-refractivity contribution in [3.8, 4) is 11.5 Å². The fraction of sp³-hybridized carbons (Fsp3) is 0.667. The number of fused-ring (bicyclic) bond motifs is 1. The van der Waals surface area contributed by atoms with Crippen LogP contribution in [0.2, 0.25) is 0 Å². The molecule has 3 rings (SSSR count). The van der Waals surface area contributed by atoms with Gasteiger partial charge in [-0.3, -0.25) is 4.79 Å². The molecule has 0 bridgehead atoms. The molecule has 1 heterocycles. The van der Waals surface area contributed by atoms with Crippen LogP contribution in [0.3, 0.4) is 0 Å².